The molecule has 0 unspecified atom stereocenters. The number of hydrogen-bond acceptors (Lipinski definition) is 2. The van der Waals surface area contributed by atoms with Crippen LogP contribution in [0.15, 0.2) is 29.8 Å². The Kier molecular flexibility index (Phi) is 4.95. The molecule has 0 aliphatic carbocycles. The molecule has 2 N–H and O–H groups in total. The van der Waals surface area contributed by atoms with Crippen LogP contribution < -0.4 is 10.5 Å². The zero-order chi connectivity index (χ0) is 11.3. The molecule has 0 fully saturated rings. The van der Waals surface area contributed by atoms with Crippen molar-refractivity contribution in [1.82, 2.24) is 0 Å². The summed E-state index contributed by atoms with van der Waals surface area (Å²) >= 11 is 11.7. The Morgan fingerprint density at radius 1 is 1.47 bits per heavy atom. The highest BCUT2D eigenvalue weighted by Crippen LogP contribution is 2.27. The van der Waals surface area contributed by atoms with E-state index < -0.39 is 0 Å². The van der Waals surface area contributed by atoms with Crippen LogP contribution in [0, 0.1) is 0 Å². The lowest BCUT2D eigenvalue weighted by atomic mass is 10.1. The van der Waals surface area contributed by atoms with Gasteiger partial charge in [0.05, 0.1) is 0 Å². The van der Waals surface area contributed by atoms with Crippen LogP contribution >= 0.6 is 23.2 Å². The van der Waals surface area contributed by atoms with Crippen molar-refractivity contribution < 1.29 is 4.74 Å². The number of nitrogens with two attached hydrogens (primary N) is 1. The first-order valence-electron chi connectivity index (χ1n) is 4.58. The Hall–Kier alpha value is -0.700. The molecule has 2 nitrogen and oxygen atoms in total. The summed E-state index contributed by atoms with van der Waals surface area (Å²) in [7, 11) is 0. The summed E-state index contributed by atoms with van der Waals surface area (Å²) in [4.78, 5) is 0. The lowest BCUT2D eigenvalue weighted by molar-refractivity contribution is 0.355. The van der Waals surface area contributed by atoms with Crippen LogP contribution in [0.3, 0.4) is 0 Å². The number of ether oxygens (including phenoxy) is 1. The van der Waals surface area contributed by atoms with Gasteiger partial charge in [0.2, 0.25) is 0 Å². The van der Waals surface area contributed by atoms with Gasteiger partial charge < -0.3 is 10.5 Å². The fraction of sp³-hybridized carbons (Fsp3) is 0.273. The summed E-state index contributed by atoms with van der Waals surface area (Å²) in [5.74, 6) is 0.717. The highest BCUT2D eigenvalue weighted by Gasteiger charge is 2.07. The Balaban J connectivity index is 2.85. The van der Waals surface area contributed by atoms with Gasteiger partial charge in [0.25, 0.3) is 0 Å². The molecule has 1 aromatic carbocycles. The fourth-order valence-electron chi connectivity index (χ4n) is 1.22. The summed E-state index contributed by atoms with van der Waals surface area (Å²) in [6, 6.07) is 5.49. The molecule has 0 heterocycles. The quantitative estimate of drug-likeness (QED) is 0.866. The third-order valence-electron chi connectivity index (χ3n) is 1.85. The first kappa shape index (κ1) is 12.4. The van der Waals surface area contributed by atoms with Gasteiger partial charge in [0.1, 0.15) is 12.4 Å². The van der Waals surface area contributed by atoms with Crippen LogP contribution in [0.2, 0.25) is 5.02 Å². The van der Waals surface area contributed by atoms with Gasteiger partial charge in [0, 0.05) is 15.6 Å². The summed E-state index contributed by atoms with van der Waals surface area (Å²) in [6.07, 6.45) is 0.684. The molecule has 0 aliphatic rings. The van der Waals surface area contributed by atoms with Crippen molar-refractivity contribution >= 4 is 23.2 Å². The topological polar surface area (TPSA) is 35.2 Å². The van der Waals surface area contributed by atoms with Crippen molar-refractivity contribution in [2.45, 2.75) is 6.42 Å². The Bertz CT molecular complexity index is 352. The minimum atomic E-state index is 0.277. The van der Waals surface area contributed by atoms with Gasteiger partial charge in [-0.3, -0.25) is 0 Å². The van der Waals surface area contributed by atoms with E-state index in [9.17, 15) is 0 Å². The van der Waals surface area contributed by atoms with Gasteiger partial charge in [0.15, 0.2) is 0 Å². The predicted molar refractivity (Wildman–Crippen MR) is 64.7 cm³/mol. The van der Waals surface area contributed by atoms with Crippen molar-refractivity contribution in [3.05, 3.63) is 40.4 Å². The normalized spacial score (nSPS) is 10.1. The molecular weight excluding hydrogens is 233 g/mol. The summed E-state index contributed by atoms with van der Waals surface area (Å²) in [6.45, 7) is 4.36. The minimum absolute atomic E-state index is 0.277. The molecule has 1 rings (SSSR count). The Morgan fingerprint density at radius 2 is 2.20 bits per heavy atom. The molecule has 82 valence electrons. The van der Waals surface area contributed by atoms with E-state index in [2.05, 4.69) is 6.58 Å². The van der Waals surface area contributed by atoms with Crippen LogP contribution in [0.5, 0.6) is 5.75 Å². The van der Waals surface area contributed by atoms with E-state index in [1.54, 1.807) is 0 Å². The molecule has 0 radical (unpaired) electrons. The van der Waals surface area contributed by atoms with Crippen LogP contribution in [-0.4, -0.2) is 13.2 Å². The summed E-state index contributed by atoms with van der Waals surface area (Å²) < 4.78 is 5.46. The molecule has 0 saturated heterocycles. The Labute approximate surface area is 99.6 Å². The van der Waals surface area contributed by atoms with E-state index in [-0.39, 0.29) is 6.61 Å². The highest BCUT2D eigenvalue weighted by molar-refractivity contribution is 6.31. The first-order valence-corrected chi connectivity index (χ1v) is 5.34. The van der Waals surface area contributed by atoms with Gasteiger partial charge in [-0.15, -0.1) is 0 Å². The minimum Gasteiger partial charge on any atom is -0.488 e. The third-order valence-corrected chi connectivity index (χ3v) is 2.32. The fourth-order valence-corrected chi connectivity index (χ4v) is 1.53. The molecule has 0 spiro atoms. The van der Waals surface area contributed by atoms with E-state index >= 15 is 0 Å². The van der Waals surface area contributed by atoms with Crippen LogP contribution in [0.4, 0.5) is 0 Å². The average Bonchev–Trinajstić information content (AvgIpc) is 2.19. The molecule has 0 atom stereocenters. The molecule has 0 amide bonds. The number of benzene rings is 1. The number of hydrogen-bond donors (Lipinski definition) is 1. The first-order chi connectivity index (χ1) is 7.15. The van der Waals surface area contributed by atoms with Crippen molar-refractivity contribution in [1.29, 1.82) is 0 Å². The summed E-state index contributed by atoms with van der Waals surface area (Å²) in [5.41, 5.74) is 6.41. The number of halogens is 2. The smallest absolute Gasteiger partial charge is 0.124 e. The van der Waals surface area contributed by atoms with Crippen LogP contribution in [-0.2, 0) is 6.42 Å². The lowest BCUT2D eigenvalue weighted by Gasteiger charge is -2.11. The van der Waals surface area contributed by atoms with Gasteiger partial charge in [-0.1, -0.05) is 35.8 Å². The monoisotopic (exact) mass is 245 g/mol. The summed E-state index contributed by atoms with van der Waals surface area (Å²) in [5, 5.41) is 1.12. The third kappa shape index (κ3) is 3.74. The second-order valence-electron chi connectivity index (χ2n) is 3.06. The maximum Gasteiger partial charge on any atom is 0.124 e. The molecule has 0 aromatic heterocycles. The lowest BCUT2D eigenvalue weighted by Crippen LogP contribution is -2.06. The molecule has 0 saturated carbocycles. The second kappa shape index (κ2) is 6.01. The van der Waals surface area contributed by atoms with E-state index in [1.165, 1.54) is 0 Å². The average molecular weight is 246 g/mol. The van der Waals surface area contributed by atoms with Gasteiger partial charge in [-0.05, 0) is 25.1 Å². The van der Waals surface area contributed by atoms with Crippen molar-refractivity contribution in [2.75, 3.05) is 13.2 Å². The molecule has 0 bridgehead atoms. The standard InChI is InChI=1S/C11H13Cl2NO/c1-8(12)7-15-11-4-2-3-10(13)9(11)5-6-14/h2-4H,1,5-7,14H2. The SMILES string of the molecule is C=C(Cl)COc1cccc(Cl)c1CCN. The van der Waals surface area contributed by atoms with E-state index in [0.29, 0.717) is 23.0 Å². The van der Waals surface area contributed by atoms with Crippen molar-refractivity contribution in [3.8, 4) is 5.75 Å². The highest BCUT2D eigenvalue weighted by atomic mass is 35.5. The largest absolute Gasteiger partial charge is 0.488 e. The maximum atomic E-state index is 6.03. The van der Waals surface area contributed by atoms with Crippen molar-refractivity contribution in [2.24, 2.45) is 5.73 Å². The van der Waals surface area contributed by atoms with Crippen molar-refractivity contribution in [3.63, 3.8) is 0 Å². The predicted octanol–water partition coefficient (Wildman–Crippen LogP) is 2.97. The number of rotatable bonds is 5. The van der Waals surface area contributed by atoms with E-state index in [0.717, 1.165) is 11.3 Å². The second-order valence-corrected chi connectivity index (χ2v) is 4.00. The maximum absolute atomic E-state index is 6.03. The molecule has 1 aromatic rings. The van der Waals surface area contributed by atoms with E-state index in [4.69, 9.17) is 33.7 Å². The van der Waals surface area contributed by atoms with Crippen LogP contribution in [0.25, 0.3) is 0 Å². The molecule has 0 aliphatic heterocycles. The zero-order valence-electron chi connectivity index (χ0n) is 8.30. The Morgan fingerprint density at radius 3 is 2.80 bits per heavy atom. The molecular formula is C11H13Cl2NO. The van der Waals surface area contributed by atoms with Gasteiger partial charge in [-0.2, -0.15) is 0 Å². The van der Waals surface area contributed by atoms with Gasteiger partial charge in [-0.25, -0.2) is 0 Å². The van der Waals surface area contributed by atoms with E-state index in [1.807, 2.05) is 18.2 Å². The molecule has 15 heavy (non-hydrogen) atoms. The zero-order valence-corrected chi connectivity index (χ0v) is 9.81. The van der Waals surface area contributed by atoms with Gasteiger partial charge >= 0.3 is 0 Å². The van der Waals surface area contributed by atoms with Crippen LogP contribution in [0.1, 0.15) is 5.56 Å². The molecule has 4 heteroatoms.